The van der Waals surface area contributed by atoms with E-state index in [1.54, 1.807) is 19.1 Å². The van der Waals surface area contributed by atoms with Gasteiger partial charge in [-0.05, 0) is 24.6 Å². The number of rotatable bonds is 5. The van der Waals surface area contributed by atoms with Crippen molar-refractivity contribution < 1.29 is 9.18 Å². The van der Waals surface area contributed by atoms with Gasteiger partial charge < -0.3 is 10.2 Å². The fraction of sp³-hybridized carbons (Fsp3) is 0.250. The van der Waals surface area contributed by atoms with Crippen LogP contribution in [-0.4, -0.2) is 40.7 Å². The van der Waals surface area contributed by atoms with E-state index in [0.717, 1.165) is 9.83 Å². The van der Waals surface area contributed by atoms with Crippen molar-refractivity contribution in [1.82, 2.24) is 15.0 Å². The second-order valence-corrected chi connectivity index (χ2v) is 7.46. The number of benzene rings is 1. The minimum absolute atomic E-state index is 0.163. The third kappa shape index (κ3) is 4.05. The number of hydrogen-bond acceptors (Lipinski definition) is 7. The number of aryl methyl sites for hydroxylation is 1. The highest BCUT2D eigenvalue weighted by molar-refractivity contribution is 8.00. The Hall–Kier alpha value is -2.26. The van der Waals surface area contributed by atoms with E-state index in [1.807, 2.05) is 19.0 Å². The summed E-state index contributed by atoms with van der Waals surface area (Å²) in [7, 11) is 3.82. The number of hydrogen-bond donors (Lipinski definition) is 1. The van der Waals surface area contributed by atoms with Crippen LogP contribution in [0.4, 0.5) is 15.2 Å². The first-order chi connectivity index (χ1) is 11.9. The van der Waals surface area contributed by atoms with Gasteiger partial charge in [0.15, 0.2) is 10.8 Å². The maximum Gasteiger partial charge on any atom is 0.234 e. The Kier molecular flexibility index (Phi) is 5.14. The summed E-state index contributed by atoms with van der Waals surface area (Å²) < 4.78 is 14.4. The average Bonchev–Trinajstić information content (AvgIpc) is 3.01. The fourth-order valence-corrected chi connectivity index (χ4v) is 3.83. The Morgan fingerprint density at radius 2 is 2.16 bits per heavy atom. The minimum Gasteiger partial charge on any atom is -0.354 e. The van der Waals surface area contributed by atoms with Crippen LogP contribution >= 0.6 is 23.1 Å². The predicted molar refractivity (Wildman–Crippen MR) is 100 cm³/mol. The molecule has 130 valence electrons. The number of thioether (sulfide) groups is 1. The van der Waals surface area contributed by atoms with Crippen molar-refractivity contribution >= 4 is 50.2 Å². The van der Waals surface area contributed by atoms with Gasteiger partial charge in [0.05, 0.1) is 5.75 Å². The van der Waals surface area contributed by atoms with Crippen molar-refractivity contribution in [3.05, 3.63) is 35.9 Å². The molecular formula is C16H16FN5OS2. The summed E-state index contributed by atoms with van der Waals surface area (Å²) in [4.78, 5) is 26.9. The van der Waals surface area contributed by atoms with E-state index in [4.69, 9.17) is 0 Å². The summed E-state index contributed by atoms with van der Waals surface area (Å²) in [6.45, 7) is 1.67. The van der Waals surface area contributed by atoms with Crippen LogP contribution in [0.25, 0.3) is 10.3 Å². The molecule has 9 heteroatoms. The largest absolute Gasteiger partial charge is 0.354 e. The van der Waals surface area contributed by atoms with Gasteiger partial charge in [-0.1, -0.05) is 29.2 Å². The number of anilines is 2. The third-order valence-corrected chi connectivity index (χ3v) is 5.66. The van der Waals surface area contributed by atoms with Crippen LogP contribution < -0.4 is 10.2 Å². The highest BCUT2D eigenvalue weighted by Crippen LogP contribution is 2.32. The number of carbonyl (C=O) groups is 1. The molecule has 3 aromatic rings. The Bertz CT molecular complexity index is 928. The monoisotopic (exact) mass is 377 g/mol. The second kappa shape index (κ2) is 7.32. The van der Waals surface area contributed by atoms with E-state index >= 15 is 0 Å². The molecule has 0 saturated heterocycles. The van der Waals surface area contributed by atoms with Gasteiger partial charge in [0.1, 0.15) is 21.9 Å². The summed E-state index contributed by atoms with van der Waals surface area (Å²) in [6, 6.07) is 4.62. The number of nitrogens with one attached hydrogen (secondary N) is 1. The molecule has 0 spiro atoms. The van der Waals surface area contributed by atoms with Crippen molar-refractivity contribution in [2.45, 2.75) is 11.9 Å². The first kappa shape index (κ1) is 17.6. The number of halogens is 1. The Balaban J connectivity index is 1.69. The van der Waals surface area contributed by atoms with Crippen LogP contribution in [0.1, 0.15) is 5.56 Å². The highest BCUT2D eigenvalue weighted by atomic mass is 32.2. The summed E-state index contributed by atoms with van der Waals surface area (Å²) in [5, 5.41) is 4.23. The maximum atomic E-state index is 13.5. The van der Waals surface area contributed by atoms with Crippen LogP contribution in [0.3, 0.4) is 0 Å². The molecule has 0 unspecified atom stereocenters. The van der Waals surface area contributed by atoms with Gasteiger partial charge in [0, 0.05) is 19.8 Å². The van der Waals surface area contributed by atoms with E-state index in [0.29, 0.717) is 21.9 Å². The summed E-state index contributed by atoms with van der Waals surface area (Å²) in [5.74, 6) is -0.405. The first-order valence-corrected chi connectivity index (χ1v) is 9.22. The minimum atomic E-state index is -0.344. The summed E-state index contributed by atoms with van der Waals surface area (Å²) >= 11 is 2.78. The predicted octanol–water partition coefficient (Wildman–Crippen LogP) is 3.33. The molecule has 0 radical (unpaired) electrons. The maximum absolute atomic E-state index is 13.5. The van der Waals surface area contributed by atoms with E-state index < -0.39 is 0 Å². The quantitative estimate of drug-likeness (QED) is 0.543. The molecule has 1 amide bonds. The number of amides is 1. The molecular weight excluding hydrogens is 361 g/mol. The number of thiazole rings is 1. The molecule has 6 nitrogen and oxygen atoms in total. The number of nitrogens with zero attached hydrogens (tertiary/aromatic N) is 4. The molecule has 2 heterocycles. The smallest absolute Gasteiger partial charge is 0.234 e. The van der Waals surface area contributed by atoms with Crippen LogP contribution in [0.15, 0.2) is 29.6 Å². The van der Waals surface area contributed by atoms with Crippen molar-refractivity contribution in [2.24, 2.45) is 0 Å². The van der Waals surface area contributed by atoms with E-state index in [9.17, 15) is 9.18 Å². The molecule has 2 aromatic heterocycles. The Morgan fingerprint density at radius 3 is 2.88 bits per heavy atom. The zero-order valence-corrected chi connectivity index (χ0v) is 15.5. The highest BCUT2D eigenvalue weighted by Gasteiger charge is 2.14. The number of carbonyl (C=O) groups excluding carboxylic acids is 1. The standard InChI is InChI=1S/C16H16FN5OS2/c1-9-4-5-10(6-11(9)17)20-12(23)7-24-15-13-14(18-8-19-15)21-16(25-13)22(2)3/h4-6,8H,7H2,1-3H3,(H,20,23). The Labute approximate surface area is 152 Å². The van der Waals surface area contributed by atoms with Crippen LogP contribution in [-0.2, 0) is 4.79 Å². The van der Waals surface area contributed by atoms with Crippen LogP contribution in [0.2, 0.25) is 0 Å². The van der Waals surface area contributed by atoms with Gasteiger partial charge in [-0.15, -0.1) is 0 Å². The lowest BCUT2D eigenvalue weighted by atomic mass is 10.2. The van der Waals surface area contributed by atoms with Crippen LogP contribution in [0, 0.1) is 12.7 Å². The lowest BCUT2D eigenvalue weighted by molar-refractivity contribution is -0.113. The van der Waals surface area contributed by atoms with Gasteiger partial charge in [-0.25, -0.2) is 14.4 Å². The SMILES string of the molecule is Cc1ccc(NC(=O)CSc2ncnc3nc(N(C)C)sc23)cc1F. The van der Waals surface area contributed by atoms with Gasteiger partial charge in [0.25, 0.3) is 0 Å². The number of aromatic nitrogens is 3. The first-order valence-electron chi connectivity index (χ1n) is 7.41. The molecule has 1 aromatic carbocycles. The summed E-state index contributed by atoms with van der Waals surface area (Å²) in [6.07, 6.45) is 1.44. The molecule has 25 heavy (non-hydrogen) atoms. The fourth-order valence-electron chi connectivity index (χ4n) is 2.02. The van der Waals surface area contributed by atoms with Crippen molar-refractivity contribution in [2.75, 3.05) is 30.1 Å². The molecule has 1 N–H and O–H groups in total. The van der Waals surface area contributed by atoms with Gasteiger partial charge in [-0.3, -0.25) is 4.79 Å². The van der Waals surface area contributed by atoms with Crippen molar-refractivity contribution in [1.29, 1.82) is 0 Å². The zero-order chi connectivity index (χ0) is 18.0. The molecule has 0 atom stereocenters. The van der Waals surface area contributed by atoms with Crippen molar-refractivity contribution in [3.63, 3.8) is 0 Å². The lowest BCUT2D eigenvalue weighted by Gasteiger charge is -2.06. The van der Waals surface area contributed by atoms with Gasteiger partial charge >= 0.3 is 0 Å². The van der Waals surface area contributed by atoms with Crippen LogP contribution in [0.5, 0.6) is 0 Å². The molecule has 0 aliphatic rings. The normalized spacial score (nSPS) is 10.9. The van der Waals surface area contributed by atoms with E-state index in [2.05, 4.69) is 20.3 Å². The third-order valence-electron chi connectivity index (χ3n) is 3.33. The molecule has 0 fully saturated rings. The van der Waals surface area contributed by atoms with Crippen molar-refractivity contribution in [3.8, 4) is 0 Å². The average molecular weight is 377 g/mol. The Morgan fingerprint density at radius 1 is 1.36 bits per heavy atom. The van der Waals surface area contributed by atoms with Gasteiger partial charge in [0.2, 0.25) is 5.91 Å². The number of fused-ring (bicyclic) bond motifs is 1. The zero-order valence-electron chi connectivity index (χ0n) is 13.9. The molecule has 0 aliphatic carbocycles. The lowest BCUT2D eigenvalue weighted by Crippen LogP contribution is -2.14. The molecule has 0 bridgehead atoms. The van der Waals surface area contributed by atoms with E-state index in [1.165, 1.54) is 35.5 Å². The molecule has 0 aliphatic heterocycles. The van der Waals surface area contributed by atoms with Gasteiger partial charge in [-0.2, -0.15) is 4.98 Å². The topological polar surface area (TPSA) is 71.0 Å². The van der Waals surface area contributed by atoms with E-state index in [-0.39, 0.29) is 17.5 Å². The molecule has 3 rings (SSSR count). The second-order valence-electron chi connectivity index (χ2n) is 5.52. The molecule has 0 saturated carbocycles. The summed E-state index contributed by atoms with van der Waals surface area (Å²) in [5.41, 5.74) is 1.60.